The number of aromatic nitrogens is 2. The van der Waals surface area contributed by atoms with E-state index in [2.05, 4.69) is 10.3 Å². The van der Waals surface area contributed by atoms with Gasteiger partial charge in [-0.25, -0.2) is 19.1 Å². The average Bonchev–Trinajstić information content (AvgIpc) is 2.98. The van der Waals surface area contributed by atoms with E-state index in [1.165, 1.54) is 0 Å². The highest BCUT2D eigenvalue weighted by Gasteiger charge is 2.26. The van der Waals surface area contributed by atoms with E-state index in [9.17, 15) is 9.59 Å². The van der Waals surface area contributed by atoms with E-state index in [4.69, 9.17) is 21.1 Å². The topological polar surface area (TPSA) is 82.5 Å². The molecule has 0 bridgehead atoms. The molecule has 176 valence electrons. The van der Waals surface area contributed by atoms with Crippen molar-refractivity contribution >= 4 is 40.5 Å². The first kappa shape index (κ1) is 24.6. The van der Waals surface area contributed by atoms with Gasteiger partial charge in [0.25, 0.3) is 0 Å². The van der Waals surface area contributed by atoms with Crippen LogP contribution in [0.1, 0.15) is 54.0 Å². The van der Waals surface area contributed by atoms with E-state index in [0.717, 1.165) is 10.9 Å². The number of carbonyl (C=O) groups excluding carboxylic acids is 2. The first-order valence-electron chi connectivity index (χ1n) is 10.8. The molecule has 0 radical (unpaired) electrons. The lowest BCUT2D eigenvalue weighted by atomic mass is 10.0. The molecule has 0 saturated heterocycles. The molecular formula is C25H30ClN3O4. The van der Waals surface area contributed by atoms with Gasteiger partial charge >= 0.3 is 12.2 Å². The summed E-state index contributed by atoms with van der Waals surface area (Å²) in [5.41, 5.74) is 1.68. The van der Waals surface area contributed by atoms with Crippen molar-refractivity contribution in [3.8, 4) is 11.3 Å². The molecule has 0 atom stereocenters. The molecule has 1 N–H and O–H groups in total. The average molecular weight is 472 g/mol. The van der Waals surface area contributed by atoms with Crippen molar-refractivity contribution in [3.63, 3.8) is 0 Å². The number of halogens is 1. The number of aryl methyl sites for hydroxylation is 1. The van der Waals surface area contributed by atoms with Gasteiger partial charge in [-0.05, 0) is 83.9 Å². The summed E-state index contributed by atoms with van der Waals surface area (Å²) in [6, 6.07) is 8.90. The van der Waals surface area contributed by atoms with Crippen LogP contribution in [-0.4, -0.2) is 32.9 Å². The molecule has 0 aliphatic carbocycles. The molecular weight excluding hydrogens is 442 g/mol. The van der Waals surface area contributed by atoms with E-state index in [1.807, 2.05) is 39.8 Å². The first-order valence-corrected chi connectivity index (χ1v) is 11.2. The number of carbonyl (C=O) groups is 2. The molecule has 0 aliphatic rings. The monoisotopic (exact) mass is 471 g/mol. The normalized spacial score (nSPS) is 12.0. The van der Waals surface area contributed by atoms with Crippen molar-refractivity contribution < 1.29 is 19.1 Å². The number of nitrogens with zero attached hydrogens (tertiary/aromatic N) is 2. The van der Waals surface area contributed by atoms with Gasteiger partial charge < -0.3 is 9.47 Å². The van der Waals surface area contributed by atoms with Crippen LogP contribution in [-0.2, 0) is 15.9 Å². The van der Waals surface area contributed by atoms with Gasteiger partial charge in [0.2, 0.25) is 0 Å². The molecule has 2 aromatic heterocycles. The van der Waals surface area contributed by atoms with Crippen molar-refractivity contribution in [2.75, 3.05) is 5.32 Å². The molecule has 7 nitrogen and oxygen atoms in total. The van der Waals surface area contributed by atoms with Crippen LogP contribution in [0.2, 0.25) is 5.02 Å². The van der Waals surface area contributed by atoms with Crippen molar-refractivity contribution in [1.82, 2.24) is 9.55 Å². The minimum atomic E-state index is -0.675. The second-order valence-corrected chi connectivity index (χ2v) is 10.2. The Bertz CT molecular complexity index is 1200. The molecule has 2 heterocycles. The lowest BCUT2D eigenvalue weighted by molar-refractivity contribution is 0.0545. The highest BCUT2D eigenvalue weighted by molar-refractivity contribution is 6.31. The summed E-state index contributed by atoms with van der Waals surface area (Å²) in [5.74, 6) is 0.308. The van der Waals surface area contributed by atoms with E-state index < -0.39 is 23.4 Å². The molecule has 3 rings (SSSR count). The molecule has 0 unspecified atom stereocenters. The smallest absolute Gasteiger partial charge is 0.419 e. The summed E-state index contributed by atoms with van der Waals surface area (Å²) in [7, 11) is 0. The van der Waals surface area contributed by atoms with Gasteiger partial charge in [-0.1, -0.05) is 18.5 Å². The van der Waals surface area contributed by atoms with Crippen molar-refractivity contribution in [3.05, 3.63) is 47.1 Å². The number of anilines is 1. The Morgan fingerprint density at radius 2 is 1.70 bits per heavy atom. The first-order chi connectivity index (χ1) is 15.3. The number of rotatable bonds is 3. The van der Waals surface area contributed by atoms with Gasteiger partial charge in [-0.3, -0.25) is 5.32 Å². The lowest BCUT2D eigenvalue weighted by Gasteiger charge is -2.21. The van der Waals surface area contributed by atoms with Crippen LogP contribution in [0.4, 0.5) is 15.4 Å². The lowest BCUT2D eigenvalue weighted by Crippen LogP contribution is -2.28. The Labute approximate surface area is 199 Å². The zero-order valence-corrected chi connectivity index (χ0v) is 20.8. The number of hydrogen-bond donors (Lipinski definition) is 1. The molecule has 0 aliphatic heterocycles. The van der Waals surface area contributed by atoms with Crippen LogP contribution in [0.3, 0.4) is 0 Å². The number of benzene rings is 1. The molecule has 3 aromatic rings. The summed E-state index contributed by atoms with van der Waals surface area (Å²) >= 11 is 6.28. The van der Waals surface area contributed by atoms with E-state index in [1.54, 1.807) is 49.7 Å². The third-order valence-corrected chi connectivity index (χ3v) is 4.86. The maximum atomic E-state index is 13.3. The molecule has 0 spiro atoms. The molecule has 33 heavy (non-hydrogen) atoms. The fourth-order valence-corrected chi connectivity index (χ4v) is 3.71. The number of hydrogen-bond acceptors (Lipinski definition) is 5. The predicted octanol–water partition coefficient (Wildman–Crippen LogP) is 7.05. The Morgan fingerprint density at radius 3 is 2.30 bits per heavy atom. The van der Waals surface area contributed by atoms with Crippen LogP contribution in [0.15, 0.2) is 36.5 Å². The second-order valence-electron chi connectivity index (χ2n) is 9.71. The maximum Gasteiger partial charge on any atom is 0.419 e. The van der Waals surface area contributed by atoms with Crippen LogP contribution in [0.5, 0.6) is 0 Å². The maximum absolute atomic E-state index is 13.3. The van der Waals surface area contributed by atoms with E-state index >= 15 is 0 Å². The highest BCUT2D eigenvalue weighted by atomic mass is 35.5. The third kappa shape index (κ3) is 5.85. The van der Waals surface area contributed by atoms with Gasteiger partial charge in [0.1, 0.15) is 17.0 Å². The fourth-order valence-electron chi connectivity index (χ4n) is 3.54. The van der Waals surface area contributed by atoms with Gasteiger partial charge in [0.15, 0.2) is 0 Å². The van der Waals surface area contributed by atoms with Crippen molar-refractivity contribution in [2.45, 2.75) is 66.1 Å². The van der Waals surface area contributed by atoms with Crippen LogP contribution >= 0.6 is 11.6 Å². The van der Waals surface area contributed by atoms with Gasteiger partial charge in [0.05, 0.1) is 11.2 Å². The van der Waals surface area contributed by atoms with Crippen LogP contribution in [0, 0.1) is 0 Å². The van der Waals surface area contributed by atoms with E-state index in [-0.39, 0.29) is 0 Å². The largest absolute Gasteiger partial charge is 0.444 e. The summed E-state index contributed by atoms with van der Waals surface area (Å²) in [6.45, 7) is 12.8. The zero-order valence-electron chi connectivity index (χ0n) is 20.1. The number of amides is 1. The SMILES string of the molecule is CCc1c(-c2ccnc(NC(=O)OC(C)(C)C)c2)n(C(=O)OC(C)(C)C)c2ccc(Cl)cc12. The third-order valence-electron chi connectivity index (χ3n) is 4.63. The molecule has 1 amide bonds. The van der Waals surface area contributed by atoms with Crippen LogP contribution in [0.25, 0.3) is 22.2 Å². The van der Waals surface area contributed by atoms with Gasteiger partial charge in [0, 0.05) is 22.2 Å². The van der Waals surface area contributed by atoms with Crippen molar-refractivity contribution in [1.29, 1.82) is 0 Å². The fraction of sp³-hybridized carbons (Fsp3) is 0.400. The summed E-state index contributed by atoms with van der Waals surface area (Å²) in [4.78, 5) is 29.8. The molecule has 0 saturated carbocycles. The Balaban J connectivity index is 2.17. The zero-order chi connectivity index (χ0) is 24.6. The number of fused-ring (bicyclic) bond motifs is 1. The second kappa shape index (κ2) is 9.06. The predicted molar refractivity (Wildman–Crippen MR) is 131 cm³/mol. The Hall–Kier alpha value is -3.06. The minimum Gasteiger partial charge on any atom is -0.444 e. The number of pyridine rings is 1. The molecule has 1 aromatic carbocycles. The van der Waals surface area contributed by atoms with Gasteiger partial charge in [-0.2, -0.15) is 0 Å². The summed E-state index contributed by atoms with van der Waals surface area (Å²) in [5, 5.41) is 4.10. The Morgan fingerprint density at radius 1 is 1.03 bits per heavy atom. The number of nitrogens with one attached hydrogen (secondary N) is 1. The molecule has 0 fully saturated rings. The van der Waals surface area contributed by atoms with Gasteiger partial charge in [-0.15, -0.1) is 0 Å². The molecule has 8 heteroatoms. The quantitative estimate of drug-likeness (QED) is 0.442. The summed E-state index contributed by atoms with van der Waals surface area (Å²) < 4.78 is 12.6. The van der Waals surface area contributed by atoms with E-state index in [0.29, 0.717) is 34.0 Å². The van der Waals surface area contributed by atoms with Crippen molar-refractivity contribution in [2.24, 2.45) is 0 Å². The highest BCUT2D eigenvalue weighted by Crippen LogP contribution is 2.37. The summed E-state index contributed by atoms with van der Waals surface area (Å²) in [6.07, 6.45) is 1.12. The van der Waals surface area contributed by atoms with Crippen LogP contribution < -0.4 is 5.32 Å². The number of ether oxygens (including phenoxy) is 2. The standard InChI is InChI=1S/C25H30ClN3O4/c1-8-17-18-14-16(26)9-10-19(18)29(23(31)33-25(5,6)7)21(17)15-11-12-27-20(13-15)28-22(30)32-24(2,3)4/h9-14H,8H2,1-7H3,(H,27,28,30). The minimum absolute atomic E-state index is 0.308. The Kier molecular flexibility index (Phi) is 6.75.